The van der Waals surface area contributed by atoms with Gasteiger partial charge in [0.25, 0.3) is 0 Å². The Balaban J connectivity index is 2.85. The molecule has 0 aromatic carbocycles. The number of hydrogen-bond acceptors (Lipinski definition) is 4. The van der Waals surface area contributed by atoms with Gasteiger partial charge in [-0.25, -0.2) is 4.79 Å². The summed E-state index contributed by atoms with van der Waals surface area (Å²) in [6.07, 6.45) is 2.65. The first-order valence-corrected chi connectivity index (χ1v) is 3.50. The highest BCUT2D eigenvalue weighted by Gasteiger charge is 2.20. The van der Waals surface area contributed by atoms with Crippen molar-refractivity contribution in [3.63, 3.8) is 0 Å². The summed E-state index contributed by atoms with van der Waals surface area (Å²) in [5.74, 6) is -0.867. The predicted octanol–water partition coefficient (Wildman–Crippen LogP) is -0.354. The molecule has 1 amide bonds. The van der Waals surface area contributed by atoms with Crippen molar-refractivity contribution < 1.29 is 19.1 Å². The van der Waals surface area contributed by atoms with Crippen LogP contribution in [0.3, 0.4) is 0 Å². The number of carbonyl (C=O) groups excluding carboxylic acids is 3. The average Bonchev–Trinajstić information content (AvgIpc) is 2.31. The van der Waals surface area contributed by atoms with Crippen LogP contribution in [0.4, 0.5) is 0 Å². The van der Waals surface area contributed by atoms with Crippen molar-refractivity contribution >= 4 is 18.2 Å². The second-order valence-electron chi connectivity index (χ2n) is 2.33. The van der Waals surface area contributed by atoms with E-state index in [1.807, 2.05) is 0 Å². The summed E-state index contributed by atoms with van der Waals surface area (Å²) >= 11 is 0. The Labute approximate surface area is 74.1 Å². The molecule has 0 bridgehead atoms. The number of rotatable bonds is 2. The lowest BCUT2D eigenvalue weighted by atomic mass is 10.3. The normalized spacial score (nSPS) is 18.1. The summed E-state index contributed by atoms with van der Waals surface area (Å²) in [6, 6.07) is 0. The summed E-state index contributed by atoms with van der Waals surface area (Å²) in [7, 11) is 0. The van der Waals surface area contributed by atoms with Crippen molar-refractivity contribution in [2.24, 2.45) is 0 Å². The van der Waals surface area contributed by atoms with Gasteiger partial charge in [-0.15, -0.1) is 0 Å². The Morgan fingerprint density at radius 1 is 1.62 bits per heavy atom. The van der Waals surface area contributed by atoms with Crippen molar-refractivity contribution in [3.8, 4) is 0 Å². The molecule has 5 nitrogen and oxygen atoms in total. The maximum absolute atomic E-state index is 10.7. The third-order valence-electron chi connectivity index (χ3n) is 1.27. The van der Waals surface area contributed by atoms with E-state index in [0.29, 0.717) is 6.29 Å². The Morgan fingerprint density at radius 2 is 2.31 bits per heavy atom. The molecule has 1 N–H and O–H groups in total. The molecule has 5 heteroatoms. The van der Waals surface area contributed by atoms with Crippen molar-refractivity contribution in [2.45, 2.75) is 6.92 Å². The highest BCUT2D eigenvalue weighted by Crippen LogP contribution is 2.15. The molecule has 68 valence electrons. The zero-order valence-electron chi connectivity index (χ0n) is 6.87. The van der Waals surface area contributed by atoms with Crippen LogP contribution in [0.1, 0.15) is 6.92 Å². The Kier molecular flexibility index (Phi) is 2.59. The van der Waals surface area contributed by atoms with Crippen LogP contribution in [0.2, 0.25) is 0 Å². The molecule has 0 saturated carbocycles. The number of ether oxygens (including phenoxy) is 1. The topological polar surface area (TPSA) is 72.5 Å². The molecule has 0 radical (unpaired) electrons. The van der Waals surface area contributed by atoms with Crippen molar-refractivity contribution in [2.75, 3.05) is 0 Å². The molecule has 1 aliphatic heterocycles. The first-order valence-electron chi connectivity index (χ1n) is 3.50. The van der Waals surface area contributed by atoms with Gasteiger partial charge in [-0.1, -0.05) is 0 Å². The lowest BCUT2D eigenvalue weighted by Crippen LogP contribution is -2.19. The van der Waals surface area contributed by atoms with E-state index in [2.05, 4.69) is 10.1 Å². The molecule has 0 aromatic rings. The zero-order valence-corrected chi connectivity index (χ0v) is 6.87. The van der Waals surface area contributed by atoms with Crippen LogP contribution in [-0.4, -0.2) is 18.2 Å². The Bertz CT molecular complexity index is 327. The smallest absolute Gasteiger partial charge is 0.338 e. The van der Waals surface area contributed by atoms with E-state index in [1.165, 1.54) is 6.92 Å². The molecule has 0 saturated heterocycles. The van der Waals surface area contributed by atoms with Crippen molar-refractivity contribution in [1.29, 1.82) is 0 Å². The average molecular weight is 181 g/mol. The monoisotopic (exact) mass is 181 g/mol. The van der Waals surface area contributed by atoms with Gasteiger partial charge in [-0.2, -0.15) is 0 Å². The molecule has 0 spiro atoms. The van der Waals surface area contributed by atoms with Gasteiger partial charge in [0.15, 0.2) is 5.76 Å². The summed E-state index contributed by atoms with van der Waals surface area (Å²) in [5, 5.41) is 2.36. The number of cyclic esters (lactones) is 1. The second kappa shape index (κ2) is 3.66. The van der Waals surface area contributed by atoms with Crippen LogP contribution in [0, 0.1) is 0 Å². The molecule has 0 atom stereocenters. The highest BCUT2D eigenvalue weighted by molar-refractivity contribution is 5.91. The molecule has 1 heterocycles. The number of carbonyl (C=O) groups is 3. The number of allylic oxidation sites excluding steroid dienone is 1. The Hall–Kier alpha value is -1.91. The summed E-state index contributed by atoms with van der Waals surface area (Å²) in [5.41, 5.74) is 0.213. The number of amides is 1. The van der Waals surface area contributed by atoms with Crippen LogP contribution < -0.4 is 5.32 Å². The molecule has 0 aromatic heterocycles. The largest absolute Gasteiger partial charge is 0.421 e. The summed E-state index contributed by atoms with van der Waals surface area (Å²) < 4.78 is 4.60. The first-order chi connectivity index (χ1) is 6.13. The maximum Gasteiger partial charge on any atom is 0.338 e. The molecule has 0 unspecified atom stereocenters. The van der Waals surface area contributed by atoms with Gasteiger partial charge < -0.3 is 10.1 Å². The lowest BCUT2D eigenvalue weighted by molar-refractivity contribution is -0.132. The van der Waals surface area contributed by atoms with E-state index in [4.69, 9.17) is 0 Å². The van der Waals surface area contributed by atoms with E-state index >= 15 is 0 Å². The minimum absolute atomic E-state index is 0.0650. The van der Waals surface area contributed by atoms with Crippen molar-refractivity contribution in [1.82, 2.24) is 5.32 Å². The van der Waals surface area contributed by atoms with Gasteiger partial charge in [0.2, 0.25) is 5.91 Å². The molecule has 0 aliphatic carbocycles. The highest BCUT2D eigenvalue weighted by atomic mass is 16.5. The molecule has 1 aliphatic rings. The van der Waals surface area contributed by atoms with E-state index in [1.54, 1.807) is 0 Å². The van der Waals surface area contributed by atoms with Crippen LogP contribution in [0.5, 0.6) is 0 Å². The summed E-state index contributed by atoms with van der Waals surface area (Å²) in [6.45, 7) is 1.29. The minimum Gasteiger partial charge on any atom is -0.421 e. The standard InChI is InChI=1S/C8H7NO4/c1-5(11)9-6-4-8(12)13-7(6)2-3-10/h2-4H,1H3,(H,9,11)/b7-2+. The quantitative estimate of drug-likeness (QED) is 0.359. The fraction of sp³-hybridized carbons (Fsp3) is 0.125. The van der Waals surface area contributed by atoms with E-state index in [9.17, 15) is 14.4 Å². The number of nitrogens with one attached hydrogen (secondary N) is 1. The fourth-order valence-corrected chi connectivity index (χ4v) is 0.855. The van der Waals surface area contributed by atoms with Gasteiger partial charge in [-0.3, -0.25) is 9.59 Å². The second-order valence-corrected chi connectivity index (χ2v) is 2.33. The zero-order chi connectivity index (χ0) is 9.84. The van der Waals surface area contributed by atoms with Gasteiger partial charge in [0.05, 0.1) is 11.8 Å². The van der Waals surface area contributed by atoms with Crippen LogP contribution in [0.25, 0.3) is 0 Å². The van der Waals surface area contributed by atoms with Gasteiger partial charge >= 0.3 is 5.97 Å². The number of esters is 1. The van der Waals surface area contributed by atoms with E-state index in [-0.39, 0.29) is 17.4 Å². The lowest BCUT2D eigenvalue weighted by Gasteiger charge is -2.01. The van der Waals surface area contributed by atoms with E-state index < -0.39 is 5.97 Å². The SMILES string of the molecule is CC(=O)NC1=CC(=O)O/C1=C/C=O. The molecule has 1 rings (SSSR count). The van der Waals surface area contributed by atoms with Crippen LogP contribution >= 0.6 is 0 Å². The third-order valence-corrected chi connectivity index (χ3v) is 1.27. The van der Waals surface area contributed by atoms with Gasteiger partial charge in [-0.05, 0) is 0 Å². The van der Waals surface area contributed by atoms with E-state index in [0.717, 1.165) is 12.2 Å². The Morgan fingerprint density at radius 3 is 2.85 bits per heavy atom. The van der Waals surface area contributed by atoms with Crippen LogP contribution in [-0.2, 0) is 19.1 Å². The first kappa shape index (κ1) is 9.18. The minimum atomic E-state index is -0.600. The summed E-state index contributed by atoms with van der Waals surface area (Å²) in [4.78, 5) is 31.4. The third kappa shape index (κ3) is 2.26. The maximum atomic E-state index is 10.7. The predicted molar refractivity (Wildman–Crippen MR) is 42.1 cm³/mol. The van der Waals surface area contributed by atoms with Gasteiger partial charge in [0, 0.05) is 13.0 Å². The van der Waals surface area contributed by atoms with Crippen LogP contribution in [0.15, 0.2) is 23.6 Å². The molecular weight excluding hydrogens is 174 g/mol. The van der Waals surface area contributed by atoms with Crippen molar-refractivity contribution in [3.05, 3.63) is 23.6 Å². The molecule has 13 heavy (non-hydrogen) atoms. The molecule has 0 fully saturated rings. The molecular formula is C8H7NO4. The van der Waals surface area contributed by atoms with Gasteiger partial charge in [0.1, 0.15) is 6.29 Å². The number of hydrogen-bond donors (Lipinski definition) is 1. The number of aldehydes is 1. The fourth-order valence-electron chi connectivity index (χ4n) is 0.855.